The summed E-state index contributed by atoms with van der Waals surface area (Å²) >= 11 is 0. The molecule has 1 heterocycles. The van der Waals surface area contributed by atoms with Gasteiger partial charge in [-0.2, -0.15) is 0 Å². The van der Waals surface area contributed by atoms with Crippen LogP contribution in [0.4, 0.5) is 0 Å². The van der Waals surface area contributed by atoms with E-state index in [4.69, 9.17) is 10.5 Å². The molecule has 1 saturated heterocycles. The molecule has 0 aromatic heterocycles. The van der Waals surface area contributed by atoms with Gasteiger partial charge in [-0.3, -0.25) is 4.90 Å². The molecule has 1 saturated carbocycles. The van der Waals surface area contributed by atoms with Gasteiger partial charge in [0.1, 0.15) is 0 Å². The topological polar surface area (TPSA) is 38.5 Å². The Labute approximate surface area is 86.6 Å². The quantitative estimate of drug-likeness (QED) is 0.727. The molecular weight excluding hydrogens is 176 g/mol. The van der Waals surface area contributed by atoms with Gasteiger partial charge in [0, 0.05) is 19.6 Å². The zero-order chi connectivity index (χ0) is 10.0. The lowest BCUT2D eigenvalue weighted by molar-refractivity contribution is -0.0350. The van der Waals surface area contributed by atoms with Gasteiger partial charge in [0.25, 0.3) is 0 Å². The molecule has 0 amide bonds. The molecule has 1 atom stereocenters. The van der Waals surface area contributed by atoms with Crippen LogP contribution in [0.25, 0.3) is 0 Å². The first-order valence-electron chi connectivity index (χ1n) is 5.82. The fraction of sp³-hybridized carbons (Fsp3) is 1.00. The molecule has 14 heavy (non-hydrogen) atoms. The Morgan fingerprint density at radius 2 is 2.29 bits per heavy atom. The molecule has 2 fully saturated rings. The van der Waals surface area contributed by atoms with Crippen molar-refractivity contribution in [1.29, 1.82) is 0 Å². The minimum Gasteiger partial charge on any atom is -0.376 e. The van der Waals surface area contributed by atoms with Gasteiger partial charge in [0.2, 0.25) is 0 Å². The predicted octanol–water partition coefficient (Wildman–Crippen LogP) is 0.836. The second kappa shape index (κ2) is 4.17. The Kier molecular flexibility index (Phi) is 3.10. The number of rotatable bonds is 4. The van der Waals surface area contributed by atoms with Crippen molar-refractivity contribution in [1.82, 2.24) is 4.90 Å². The molecule has 2 N–H and O–H groups in total. The number of morpholine rings is 1. The normalized spacial score (nSPS) is 31.7. The van der Waals surface area contributed by atoms with E-state index in [0.29, 0.717) is 11.5 Å². The number of hydrogen-bond donors (Lipinski definition) is 1. The Morgan fingerprint density at radius 3 is 2.86 bits per heavy atom. The Bertz CT molecular complexity index is 192. The minimum absolute atomic E-state index is 0.456. The van der Waals surface area contributed by atoms with Crippen molar-refractivity contribution in [3.05, 3.63) is 0 Å². The van der Waals surface area contributed by atoms with Crippen LogP contribution in [0.3, 0.4) is 0 Å². The smallest absolute Gasteiger partial charge is 0.0700 e. The highest BCUT2D eigenvalue weighted by atomic mass is 16.5. The number of hydrogen-bond acceptors (Lipinski definition) is 3. The fourth-order valence-electron chi connectivity index (χ4n) is 2.25. The summed E-state index contributed by atoms with van der Waals surface area (Å²) in [7, 11) is 0. The molecule has 82 valence electrons. The predicted molar refractivity (Wildman–Crippen MR) is 57.2 cm³/mol. The summed E-state index contributed by atoms with van der Waals surface area (Å²) in [6.45, 7) is 7.37. The average Bonchev–Trinajstić information content (AvgIpc) is 2.99. The lowest BCUT2D eigenvalue weighted by Gasteiger charge is -2.34. The SMILES string of the molecule is CCC1CN(CC2(CN)CC2)CCO1. The highest BCUT2D eigenvalue weighted by Gasteiger charge is 2.42. The molecule has 1 aliphatic carbocycles. The van der Waals surface area contributed by atoms with Gasteiger partial charge < -0.3 is 10.5 Å². The summed E-state index contributed by atoms with van der Waals surface area (Å²) in [6, 6.07) is 0. The van der Waals surface area contributed by atoms with E-state index in [9.17, 15) is 0 Å². The van der Waals surface area contributed by atoms with Crippen LogP contribution in [0.5, 0.6) is 0 Å². The Morgan fingerprint density at radius 1 is 1.50 bits per heavy atom. The van der Waals surface area contributed by atoms with Gasteiger partial charge in [-0.1, -0.05) is 6.92 Å². The summed E-state index contributed by atoms with van der Waals surface area (Å²) in [4.78, 5) is 2.54. The van der Waals surface area contributed by atoms with E-state index in [-0.39, 0.29) is 0 Å². The third-order valence-electron chi connectivity index (χ3n) is 3.63. The van der Waals surface area contributed by atoms with Crippen LogP contribution in [0.1, 0.15) is 26.2 Å². The van der Waals surface area contributed by atoms with E-state index in [1.54, 1.807) is 0 Å². The molecule has 0 bridgehead atoms. The summed E-state index contributed by atoms with van der Waals surface area (Å²) < 4.78 is 5.65. The van der Waals surface area contributed by atoms with Crippen molar-refractivity contribution in [2.45, 2.75) is 32.3 Å². The molecule has 2 rings (SSSR count). The Balaban J connectivity index is 1.80. The zero-order valence-corrected chi connectivity index (χ0v) is 9.17. The number of nitrogens with two attached hydrogens (primary N) is 1. The molecule has 2 aliphatic rings. The second-order valence-corrected chi connectivity index (χ2v) is 4.84. The molecule has 3 heteroatoms. The third kappa shape index (κ3) is 2.27. The lowest BCUT2D eigenvalue weighted by Crippen LogP contribution is -2.45. The summed E-state index contributed by atoms with van der Waals surface area (Å²) in [6.07, 6.45) is 4.25. The summed E-state index contributed by atoms with van der Waals surface area (Å²) in [5.41, 5.74) is 6.28. The molecule has 0 aromatic carbocycles. The van der Waals surface area contributed by atoms with Crippen LogP contribution in [0.2, 0.25) is 0 Å². The van der Waals surface area contributed by atoms with Crippen LogP contribution < -0.4 is 5.73 Å². The van der Waals surface area contributed by atoms with E-state index in [0.717, 1.165) is 32.7 Å². The summed E-state index contributed by atoms with van der Waals surface area (Å²) in [5.74, 6) is 0. The zero-order valence-electron chi connectivity index (χ0n) is 9.17. The molecule has 1 unspecified atom stereocenters. The van der Waals surface area contributed by atoms with Crippen LogP contribution in [-0.2, 0) is 4.74 Å². The van der Waals surface area contributed by atoms with Crippen LogP contribution in [0, 0.1) is 5.41 Å². The minimum atomic E-state index is 0.456. The fourth-order valence-corrected chi connectivity index (χ4v) is 2.25. The van der Waals surface area contributed by atoms with E-state index < -0.39 is 0 Å². The summed E-state index contributed by atoms with van der Waals surface area (Å²) in [5, 5.41) is 0. The van der Waals surface area contributed by atoms with Crippen molar-refractivity contribution in [3.8, 4) is 0 Å². The monoisotopic (exact) mass is 198 g/mol. The standard InChI is InChI=1S/C11H22N2O/c1-2-10-7-13(5-6-14-10)9-11(8-12)3-4-11/h10H,2-9,12H2,1H3. The molecule has 0 aromatic rings. The van der Waals surface area contributed by atoms with Crippen molar-refractivity contribution in [2.24, 2.45) is 11.1 Å². The van der Waals surface area contributed by atoms with E-state index in [1.165, 1.54) is 19.4 Å². The lowest BCUT2D eigenvalue weighted by atomic mass is 10.1. The Hall–Kier alpha value is -0.120. The van der Waals surface area contributed by atoms with Gasteiger partial charge in [0.15, 0.2) is 0 Å². The van der Waals surface area contributed by atoms with Crippen LogP contribution in [0.15, 0.2) is 0 Å². The van der Waals surface area contributed by atoms with Crippen LogP contribution in [-0.4, -0.2) is 43.8 Å². The van der Waals surface area contributed by atoms with Crippen molar-refractivity contribution < 1.29 is 4.74 Å². The van der Waals surface area contributed by atoms with Gasteiger partial charge in [-0.05, 0) is 31.2 Å². The second-order valence-electron chi connectivity index (χ2n) is 4.84. The molecule has 1 aliphatic heterocycles. The van der Waals surface area contributed by atoms with Crippen molar-refractivity contribution >= 4 is 0 Å². The maximum Gasteiger partial charge on any atom is 0.0700 e. The van der Waals surface area contributed by atoms with Crippen molar-refractivity contribution in [2.75, 3.05) is 32.8 Å². The molecular formula is C11H22N2O. The van der Waals surface area contributed by atoms with Crippen molar-refractivity contribution in [3.63, 3.8) is 0 Å². The van der Waals surface area contributed by atoms with E-state index in [2.05, 4.69) is 11.8 Å². The van der Waals surface area contributed by atoms with Gasteiger partial charge in [-0.25, -0.2) is 0 Å². The first-order chi connectivity index (χ1) is 6.78. The van der Waals surface area contributed by atoms with Gasteiger partial charge >= 0.3 is 0 Å². The number of nitrogens with zero attached hydrogens (tertiary/aromatic N) is 1. The average molecular weight is 198 g/mol. The van der Waals surface area contributed by atoms with E-state index >= 15 is 0 Å². The first kappa shape index (κ1) is 10.4. The van der Waals surface area contributed by atoms with Gasteiger partial charge in [-0.15, -0.1) is 0 Å². The molecule has 0 radical (unpaired) electrons. The van der Waals surface area contributed by atoms with E-state index in [1.807, 2.05) is 0 Å². The first-order valence-corrected chi connectivity index (χ1v) is 5.82. The highest BCUT2D eigenvalue weighted by Crippen LogP contribution is 2.45. The largest absolute Gasteiger partial charge is 0.376 e. The maximum atomic E-state index is 5.80. The highest BCUT2D eigenvalue weighted by molar-refractivity contribution is 4.96. The van der Waals surface area contributed by atoms with Crippen LogP contribution >= 0.6 is 0 Å². The molecule has 0 spiro atoms. The maximum absolute atomic E-state index is 5.80. The third-order valence-corrected chi connectivity index (χ3v) is 3.63. The number of ether oxygens (including phenoxy) is 1. The molecule has 3 nitrogen and oxygen atoms in total. The van der Waals surface area contributed by atoms with Gasteiger partial charge in [0.05, 0.1) is 12.7 Å².